The SMILES string of the molecule is CC(C)(C)Oc1cc(C[SH](=O)=O)cc(S(=O)(=O)c2ccc(C#N)s2)c1. The first-order valence-electron chi connectivity index (χ1n) is 7.21. The van der Waals surface area contributed by atoms with Crippen molar-refractivity contribution in [1.82, 2.24) is 0 Å². The minimum atomic E-state index is -3.87. The number of thiophene rings is 1. The molecule has 0 atom stereocenters. The molecular weight excluding hydrogens is 382 g/mol. The molecule has 0 N–H and O–H groups in total. The van der Waals surface area contributed by atoms with Crippen LogP contribution in [0.2, 0.25) is 0 Å². The highest BCUT2D eigenvalue weighted by molar-refractivity contribution is 7.93. The Labute approximate surface area is 152 Å². The molecule has 0 bridgehead atoms. The van der Waals surface area contributed by atoms with Gasteiger partial charge in [-0.05, 0) is 56.7 Å². The van der Waals surface area contributed by atoms with Gasteiger partial charge in [-0.25, -0.2) is 16.8 Å². The first-order chi connectivity index (χ1) is 11.5. The fraction of sp³-hybridized carbons (Fsp3) is 0.312. The molecule has 0 aliphatic rings. The third-order valence-corrected chi connectivity index (χ3v) is 6.78. The van der Waals surface area contributed by atoms with E-state index in [2.05, 4.69) is 0 Å². The van der Waals surface area contributed by atoms with Crippen molar-refractivity contribution in [3.8, 4) is 11.8 Å². The molecule has 0 spiro atoms. The Hall–Kier alpha value is -1.89. The number of nitrogens with zero attached hydrogens (tertiary/aromatic N) is 1. The monoisotopic (exact) mass is 399 g/mol. The van der Waals surface area contributed by atoms with Gasteiger partial charge >= 0.3 is 0 Å². The molecule has 1 aromatic carbocycles. The van der Waals surface area contributed by atoms with E-state index in [9.17, 15) is 16.8 Å². The lowest BCUT2D eigenvalue weighted by atomic mass is 10.2. The molecule has 0 unspecified atom stereocenters. The maximum absolute atomic E-state index is 12.8. The van der Waals surface area contributed by atoms with Crippen LogP contribution in [0.5, 0.6) is 5.75 Å². The van der Waals surface area contributed by atoms with Crippen molar-refractivity contribution >= 4 is 31.9 Å². The number of thiol groups is 1. The zero-order valence-electron chi connectivity index (χ0n) is 13.8. The molecule has 134 valence electrons. The predicted molar refractivity (Wildman–Crippen MR) is 95.3 cm³/mol. The van der Waals surface area contributed by atoms with Gasteiger partial charge in [0.05, 0.1) is 10.6 Å². The van der Waals surface area contributed by atoms with Crippen LogP contribution in [0, 0.1) is 11.3 Å². The largest absolute Gasteiger partial charge is 0.488 e. The van der Waals surface area contributed by atoms with Gasteiger partial charge in [0.2, 0.25) is 9.84 Å². The van der Waals surface area contributed by atoms with Gasteiger partial charge in [-0.3, -0.25) is 0 Å². The van der Waals surface area contributed by atoms with Crippen LogP contribution < -0.4 is 4.74 Å². The summed E-state index contributed by atoms with van der Waals surface area (Å²) in [6.07, 6.45) is 0. The van der Waals surface area contributed by atoms with E-state index in [1.807, 2.05) is 6.07 Å². The summed E-state index contributed by atoms with van der Waals surface area (Å²) in [6.45, 7) is 5.42. The molecule has 0 aliphatic carbocycles. The Morgan fingerprint density at radius 2 is 1.88 bits per heavy atom. The maximum atomic E-state index is 12.8. The van der Waals surface area contributed by atoms with Gasteiger partial charge in [-0.2, -0.15) is 5.26 Å². The summed E-state index contributed by atoms with van der Waals surface area (Å²) in [5.41, 5.74) is -0.246. The quantitative estimate of drug-likeness (QED) is 0.776. The van der Waals surface area contributed by atoms with Gasteiger partial charge in [-0.1, -0.05) is 0 Å². The second-order valence-corrected chi connectivity index (χ2v) is 10.5. The molecule has 1 aromatic heterocycles. The summed E-state index contributed by atoms with van der Waals surface area (Å²) in [4.78, 5) is 0.218. The molecule has 6 nitrogen and oxygen atoms in total. The van der Waals surface area contributed by atoms with E-state index in [1.54, 1.807) is 20.8 Å². The fourth-order valence-corrected chi connectivity index (χ4v) is 5.15. The highest BCUT2D eigenvalue weighted by Crippen LogP contribution is 2.31. The van der Waals surface area contributed by atoms with Crippen LogP contribution in [0.15, 0.2) is 39.4 Å². The van der Waals surface area contributed by atoms with Crippen molar-refractivity contribution in [2.24, 2.45) is 0 Å². The van der Waals surface area contributed by atoms with E-state index in [-0.39, 0.29) is 25.5 Å². The first kappa shape index (κ1) is 19.4. The zero-order chi connectivity index (χ0) is 18.8. The molecule has 2 rings (SSSR count). The molecule has 0 amide bonds. The molecule has 1 heterocycles. The van der Waals surface area contributed by atoms with E-state index in [4.69, 9.17) is 10.00 Å². The molecule has 0 fully saturated rings. The van der Waals surface area contributed by atoms with Gasteiger partial charge in [0.25, 0.3) is 0 Å². The first-order valence-corrected chi connectivity index (χ1v) is 10.9. The van der Waals surface area contributed by atoms with Gasteiger partial charge in [0.15, 0.2) is 0 Å². The summed E-state index contributed by atoms with van der Waals surface area (Å²) in [5, 5.41) is 8.88. The van der Waals surface area contributed by atoms with E-state index in [1.165, 1.54) is 30.3 Å². The second kappa shape index (κ2) is 7.15. The molecule has 2 aromatic rings. The number of benzene rings is 1. The molecular formula is C16H17NO5S3. The summed E-state index contributed by atoms with van der Waals surface area (Å²) >= 11 is 0.864. The Kier molecular flexibility index (Phi) is 5.56. The minimum absolute atomic E-state index is 0.0226. The number of ether oxygens (including phenoxy) is 1. The van der Waals surface area contributed by atoms with Crippen molar-refractivity contribution in [3.05, 3.63) is 40.8 Å². The highest BCUT2D eigenvalue weighted by atomic mass is 32.2. The lowest BCUT2D eigenvalue weighted by Gasteiger charge is -2.22. The number of sulfone groups is 1. The zero-order valence-corrected chi connectivity index (χ0v) is 16.4. The van der Waals surface area contributed by atoms with Gasteiger partial charge in [0, 0.05) is 0 Å². The van der Waals surface area contributed by atoms with Crippen molar-refractivity contribution in [3.63, 3.8) is 0 Å². The van der Waals surface area contributed by atoms with Crippen LogP contribution >= 0.6 is 11.3 Å². The van der Waals surface area contributed by atoms with Crippen LogP contribution in [0.25, 0.3) is 0 Å². The van der Waals surface area contributed by atoms with E-state index in [0.717, 1.165) is 11.3 Å². The third-order valence-electron chi connectivity index (χ3n) is 2.94. The molecule has 0 saturated heterocycles. The number of rotatable bonds is 5. The summed E-state index contributed by atoms with van der Waals surface area (Å²) in [5.74, 6) is -0.00919. The Bertz CT molecular complexity index is 997. The highest BCUT2D eigenvalue weighted by Gasteiger charge is 2.23. The number of hydrogen-bond acceptors (Lipinski definition) is 7. The lowest BCUT2D eigenvalue weighted by Crippen LogP contribution is -2.23. The summed E-state index contributed by atoms with van der Waals surface area (Å²) < 4.78 is 53.5. The van der Waals surface area contributed by atoms with Crippen LogP contribution in [0.4, 0.5) is 0 Å². The predicted octanol–water partition coefficient (Wildman–Crippen LogP) is 2.74. The van der Waals surface area contributed by atoms with Crippen LogP contribution in [0.1, 0.15) is 31.2 Å². The molecule has 25 heavy (non-hydrogen) atoms. The average molecular weight is 400 g/mol. The Balaban J connectivity index is 2.58. The van der Waals surface area contributed by atoms with E-state index < -0.39 is 26.1 Å². The Morgan fingerprint density at radius 1 is 1.20 bits per heavy atom. The van der Waals surface area contributed by atoms with E-state index in [0.29, 0.717) is 5.56 Å². The normalized spacial score (nSPS) is 12.1. The Morgan fingerprint density at radius 3 is 2.40 bits per heavy atom. The minimum Gasteiger partial charge on any atom is -0.488 e. The number of hydrogen-bond donors (Lipinski definition) is 1. The summed E-state index contributed by atoms with van der Waals surface area (Å²) in [6, 6.07) is 8.91. The smallest absolute Gasteiger partial charge is 0.216 e. The van der Waals surface area contributed by atoms with Crippen LogP contribution in [-0.4, -0.2) is 22.4 Å². The maximum Gasteiger partial charge on any atom is 0.216 e. The topological polar surface area (TPSA) is 101 Å². The van der Waals surface area contributed by atoms with Crippen LogP contribution in [0.3, 0.4) is 0 Å². The lowest BCUT2D eigenvalue weighted by molar-refractivity contribution is 0.130. The average Bonchev–Trinajstić information content (AvgIpc) is 2.94. The van der Waals surface area contributed by atoms with Crippen LogP contribution in [-0.2, 0) is 26.3 Å². The van der Waals surface area contributed by atoms with Gasteiger partial charge in [0.1, 0.15) is 37.2 Å². The standard InChI is InChI=1S/C16H17NO5S3/c1-16(2,3)22-12-6-11(10-24(18)19)7-14(8-12)25(20,21)15-5-4-13(9-17)23-15/h4-8,24H,10H2,1-3H3. The van der Waals surface area contributed by atoms with Gasteiger partial charge in [-0.15, -0.1) is 11.3 Å². The number of nitriles is 1. The van der Waals surface area contributed by atoms with Crippen molar-refractivity contribution in [2.75, 3.05) is 0 Å². The van der Waals surface area contributed by atoms with E-state index >= 15 is 0 Å². The third kappa shape index (κ3) is 5.04. The second-order valence-electron chi connectivity index (χ2n) is 6.25. The molecule has 0 saturated carbocycles. The molecule has 9 heteroatoms. The fourth-order valence-electron chi connectivity index (χ4n) is 2.08. The van der Waals surface area contributed by atoms with Gasteiger partial charge < -0.3 is 4.74 Å². The van der Waals surface area contributed by atoms with Crippen molar-refractivity contribution < 1.29 is 21.6 Å². The summed E-state index contributed by atoms with van der Waals surface area (Å²) in [7, 11) is -6.59. The van der Waals surface area contributed by atoms with Crippen molar-refractivity contribution in [1.29, 1.82) is 5.26 Å². The molecule has 0 aliphatic heterocycles. The molecule has 0 radical (unpaired) electrons. The van der Waals surface area contributed by atoms with Crippen molar-refractivity contribution in [2.45, 2.75) is 41.2 Å².